The molecule has 0 aromatic heterocycles. The molecule has 0 saturated heterocycles. The van der Waals surface area contributed by atoms with E-state index in [1.807, 2.05) is 21.1 Å². The third-order valence-electron chi connectivity index (χ3n) is 20.6. The molecule has 0 spiro atoms. The van der Waals surface area contributed by atoms with Gasteiger partial charge >= 0.3 is 11.9 Å². The van der Waals surface area contributed by atoms with Crippen LogP contribution in [0.15, 0.2) is 0 Å². The quantitative estimate of drug-likeness (QED) is 0.0256. The summed E-state index contributed by atoms with van der Waals surface area (Å²) in [6.45, 7) is 4.86. The molecule has 572 valence electrons. The van der Waals surface area contributed by atoms with Gasteiger partial charge in [0.05, 0.1) is 40.3 Å². The highest BCUT2D eigenvalue weighted by Gasteiger charge is 2.22. The Kier molecular flexibility index (Phi) is 77.6. The smallest absolute Gasteiger partial charge is 0.306 e. The first-order chi connectivity index (χ1) is 47.1. The first-order valence-electron chi connectivity index (χ1n) is 43.7. The Labute approximate surface area is 600 Å². The van der Waals surface area contributed by atoms with Gasteiger partial charge in [0, 0.05) is 12.8 Å². The second-order valence-corrected chi connectivity index (χ2v) is 31.6. The maximum atomic E-state index is 13.0. The van der Waals surface area contributed by atoms with Crippen LogP contribution in [0, 0.1) is 0 Å². The molecule has 0 N–H and O–H groups in total. The molecule has 0 amide bonds. The fourth-order valence-electron chi connectivity index (χ4n) is 14.0. The first kappa shape index (κ1) is 94.3. The lowest BCUT2D eigenvalue weighted by molar-refractivity contribution is -0.870. The van der Waals surface area contributed by atoms with E-state index in [-0.39, 0.29) is 32.2 Å². The van der Waals surface area contributed by atoms with Crippen LogP contribution in [0.4, 0.5) is 0 Å². The van der Waals surface area contributed by atoms with Crippen LogP contribution >= 0.6 is 0 Å². The van der Waals surface area contributed by atoms with Crippen molar-refractivity contribution in [2.75, 3.05) is 47.5 Å². The van der Waals surface area contributed by atoms with Crippen LogP contribution in [-0.2, 0) is 33.3 Å². The van der Waals surface area contributed by atoms with Gasteiger partial charge in [-0.3, -0.25) is 9.59 Å². The zero-order valence-electron chi connectivity index (χ0n) is 65.8. The number of hydrogen-bond donors (Lipinski definition) is 0. The van der Waals surface area contributed by atoms with Crippen molar-refractivity contribution in [1.29, 1.82) is 0 Å². The summed E-state index contributed by atoms with van der Waals surface area (Å²) in [5, 5.41) is 11.9. The number of unbranched alkanes of at least 4 members (excludes halogenated alkanes) is 69. The van der Waals surface area contributed by atoms with Crippen LogP contribution < -0.4 is 5.11 Å². The molecule has 0 aliphatic rings. The van der Waals surface area contributed by atoms with E-state index in [0.717, 1.165) is 38.5 Å². The molecule has 0 radical (unpaired) electrons. The SMILES string of the molecule is CCCCCCCCCCCCCCCCCCCCCCCCCCCCCCCCCCCCCCC(=O)OC(COC(=O)CCCCCCCCCCCCCCCCCCCCCCCCCCCCCCCCCCCCC)COC(OCC[N+](C)(C)C)C(=O)[O-]. The number of carbonyl (C=O) groups excluding carboxylic acids is 3. The van der Waals surface area contributed by atoms with E-state index in [1.54, 1.807) is 0 Å². The van der Waals surface area contributed by atoms with E-state index < -0.39 is 24.3 Å². The Morgan fingerprint density at radius 2 is 0.469 bits per heavy atom. The fraction of sp³-hybridized carbons (Fsp3) is 0.966. The van der Waals surface area contributed by atoms with Gasteiger partial charge in [-0.2, -0.15) is 0 Å². The number of quaternary nitrogens is 1. The molecule has 0 rings (SSSR count). The summed E-state index contributed by atoms with van der Waals surface area (Å²) in [6.07, 6.45) is 95.6. The summed E-state index contributed by atoms with van der Waals surface area (Å²) in [5.41, 5.74) is 0. The van der Waals surface area contributed by atoms with E-state index in [1.165, 1.54) is 417 Å². The number of rotatable bonds is 84. The van der Waals surface area contributed by atoms with Crippen molar-refractivity contribution in [1.82, 2.24) is 0 Å². The van der Waals surface area contributed by atoms with E-state index in [0.29, 0.717) is 17.4 Å². The summed E-state index contributed by atoms with van der Waals surface area (Å²) in [4.78, 5) is 37.7. The molecule has 9 heteroatoms. The number of hydrogen-bond acceptors (Lipinski definition) is 8. The molecule has 9 nitrogen and oxygen atoms in total. The molecule has 0 aliphatic heterocycles. The van der Waals surface area contributed by atoms with Gasteiger partial charge in [0.1, 0.15) is 13.2 Å². The fourth-order valence-corrected chi connectivity index (χ4v) is 14.0. The van der Waals surface area contributed by atoms with Gasteiger partial charge < -0.3 is 33.3 Å². The standard InChI is InChI=1S/C87H171NO8/c1-6-8-10-12-14-16-18-20-22-24-26-28-30-32-34-36-38-40-42-44-46-48-50-52-54-56-58-60-62-64-66-68-70-72-74-76-78-85(90)96-83(82-95-87(86(91)92)93-80-79-88(3,4)5)81-94-84(89)77-75-73-71-69-67-65-63-61-59-57-55-53-51-49-47-45-43-41-39-37-35-33-31-29-27-25-23-21-19-17-15-13-11-9-7-2/h83,87H,6-82H2,1-5H3. The van der Waals surface area contributed by atoms with Gasteiger partial charge in [0.25, 0.3) is 0 Å². The van der Waals surface area contributed by atoms with Crippen molar-refractivity contribution >= 4 is 17.9 Å². The van der Waals surface area contributed by atoms with Gasteiger partial charge in [0.2, 0.25) is 0 Å². The molecule has 0 fully saturated rings. The topological polar surface area (TPSA) is 111 Å². The number of carboxylic acids is 1. The van der Waals surface area contributed by atoms with E-state index in [2.05, 4.69) is 13.8 Å². The number of likely N-dealkylation sites (N-methyl/N-ethyl adjacent to an activating group) is 1. The summed E-state index contributed by atoms with van der Waals surface area (Å²) in [5.74, 6) is -2.24. The second kappa shape index (κ2) is 79.0. The molecule has 96 heavy (non-hydrogen) atoms. The maximum Gasteiger partial charge on any atom is 0.306 e. The molecule has 0 aromatic rings. The van der Waals surface area contributed by atoms with Gasteiger partial charge in [-0.25, -0.2) is 0 Å². The highest BCUT2D eigenvalue weighted by atomic mass is 16.7. The summed E-state index contributed by atoms with van der Waals surface area (Å²) in [6, 6.07) is 0. The number of carboxylic acid groups (broad SMARTS) is 1. The van der Waals surface area contributed by atoms with Crippen molar-refractivity contribution in [2.45, 2.75) is 495 Å². The number of nitrogens with zero attached hydrogens (tertiary/aromatic N) is 1. The summed E-state index contributed by atoms with van der Waals surface area (Å²) >= 11 is 0. The van der Waals surface area contributed by atoms with Crippen LogP contribution in [0.5, 0.6) is 0 Å². The van der Waals surface area contributed by atoms with Crippen molar-refractivity contribution in [3.63, 3.8) is 0 Å². The van der Waals surface area contributed by atoms with Gasteiger partial charge in [-0.05, 0) is 12.8 Å². The zero-order chi connectivity index (χ0) is 69.7. The number of carbonyl (C=O) groups is 3. The molecular formula is C87H171NO8. The Balaban J connectivity index is 3.89. The third-order valence-corrected chi connectivity index (χ3v) is 20.6. The summed E-state index contributed by atoms with van der Waals surface area (Å²) < 4.78 is 22.9. The van der Waals surface area contributed by atoms with Crippen LogP contribution in [0.3, 0.4) is 0 Å². The Morgan fingerprint density at radius 1 is 0.271 bits per heavy atom. The van der Waals surface area contributed by atoms with Crippen LogP contribution in [0.2, 0.25) is 0 Å². The normalized spacial score (nSPS) is 12.5. The molecule has 0 aromatic carbocycles. The van der Waals surface area contributed by atoms with Gasteiger partial charge in [-0.15, -0.1) is 0 Å². The lowest BCUT2D eigenvalue weighted by Crippen LogP contribution is -2.44. The molecule has 0 aliphatic carbocycles. The Hall–Kier alpha value is -1.71. The van der Waals surface area contributed by atoms with Crippen molar-refractivity contribution in [2.24, 2.45) is 0 Å². The van der Waals surface area contributed by atoms with Crippen molar-refractivity contribution < 1.29 is 42.9 Å². The highest BCUT2D eigenvalue weighted by Crippen LogP contribution is 2.22. The van der Waals surface area contributed by atoms with Crippen LogP contribution in [0.1, 0.15) is 483 Å². The average Bonchev–Trinajstić information content (AvgIpc) is 2.64. The lowest BCUT2D eigenvalue weighted by Gasteiger charge is -2.26. The van der Waals surface area contributed by atoms with E-state index >= 15 is 0 Å². The van der Waals surface area contributed by atoms with Gasteiger partial charge in [0.15, 0.2) is 12.4 Å². The molecule has 2 atom stereocenters. The van der Waals surface area contributed by atoms with Gasteiger partial charge in [-0.1, -0.05) is 457 Å². The van der Waals surface area contributed by atoms with Crippen LogP contribution in [-0.4, -0.2) is 82.3 Å². The number of aliphatic carboxylic acids is 1. The van der Waals surface area contributed by atoms with Crippen LogP contribution in [0.25, 0.3) is 0 Å². The molecule has 0 heterocycles. The number of ether oxygens (including phenoxy) is 4. The van der Waals surface area contributed by atoms with Crippen molar-refractivity contribution in [3.8, 4) is 0 Å². The largest absolute Gasteiger partial charge is 0.545 e. The minimum absolute atomic E-state index is 0.154. The van der Waals surface area contributed by atoms with E-state index in [9.17, 15) is 19.5 Å². The third kappa shape index (κ3) is 79.6. The molecular weight excluding hydrogens is 1190 g/mol. The Bertz CT molecular complexity index is 1530. The monoisotopic (exact) mass is 1360 g/mol. The highest BCUT2D eigenvalue weighted by molar-refractivity contribution is 5.70. The zero-order valence-corrected chi connectivity index (χ0v) is 65.8. The first-order valence-corrected chi connectivity index (χ1v) is 43.7. The van der Waals surface area contributed by atoms with E-state index in [4.69, 9.17) is 18.9 Å². The summed E-state index contributed by atoms with van der Waals surface area (Å²) in [7, 11) is 5.96. The average molecular weight is 1360 g/mol. The maximum absolute atomic E-state index is 13.0. The molecule has 0 saturated carbocycles. The molecule has 0 bridgehead atoms. The number of esters is 2. The predicted molar refractivity (Wildman–Crippen MR) is 413 cm³/mol. The minimum atomic E-state index is -1.62. The Morgan fingerprint density at radius 3 is 0.667 bits per heavy atom. The second-order valence-electron chi connectivity index (χ2n) is 31.6. The minimum Gasteiger partial charge on any atom is -0.545 e. The lowest BCUT2D eigenvalue weighted by atomic mass is 10.0. The predicted octanol–water partition coefficient (Wildman–Crippen LogP) is 26.8. The van der Waals surface area contributed by atoms with Crippen molar-refractivity contribution in [3.05, 3.63) is 0 Å². The molecule has 2 unspecified atom stereocenters.